The number of nitrogens with zero attached hydrogens (tertiary/aromatic N) is 2. The van der Waals surface area contributed by atoms with Gasteiger partial charge in [-0.05, 0) is 87.2 Å². The first kappa shape index (κ1) is 33.1. The van der Waals surface area contributed by atoms with Crippen LogP contribution < -0.4 is 14.8 Å². The van der Waals surface area contributed by atoms with Crippen LogP contribution in [0.4, 0.5) is 10.6 Å². The van der Waals surface area contributed by atoms with Crippen LogP contribution in [0.3, 0.4) is 0 Å². The van der Waals surface area contributed by atoms with Gasteiger partial charge in [-0.15, -0.1) is 0 Å². The summed E-state index contributed by atoms with van der Waals surface area (Å²) in [6.45, 7) is 7.09. The molecule has 11 nitrogen and oxygen atoms in total. The van der Waals surface area contributed by atoms with Gasteiger partial charge in [0.25, 0.3) is 10.0 Å². The van der Waals surface area contributed by atoms with Gasteiger partial charge in [0.1, 0.15) is 23.7 Å². The molecule has 12 heteroatoms. The largest absolute Gasteiger partial charge is 0.516 e. The summed E-state index contributed by atoms with van der Waals surface area (Å²) in [7, 11) is -4.02. The van der Waals surface area contributed by atoms with Crippen LogP contribution in [-0.4, -0.2) is 49.3 Å². The zero-order valence-corrected chi connectivity index (χ0v) is 26.3. The lowest BCUT2D eigenvalue weighted by molar-refractivity contribution is -0.139. The first-order chi connectivity index (χ1) is 21.4. The Morgan fingerprint density at radius 3 is 2.36 bits per heavy atom. The van der Waals surface area contributed by atoms with Crippen LogP contribution >= 0.6 is 0 Å². The number of pyridine rings is 2. The highest BCUT2D eigenvalue weighted by molar-refractivity contribution is 7.89. The van der Waals surface area contributed by atoms with Gasteiger partial charge in [0.2, 0.25) is 0 Å². The maximum absolute atomic E-state index is 13.3. The predicted molar refractivity (Wildman–Crippen MR) is 169 cm³/mol. The average molecular weight is 633 g/mol. The van der Waals surface area contributed by atoms with Crippen molar-refractivity contribution in [2.24, 2.45) is 0 Å². The van der Waals surface area contributed by atoms with Crippen LogP contribution in [0.2, 0.25) is 0 Å². The third-order valence-corrected chi connectivity index (χ3v) is 7.60. The van der Waals surface area contributed by atoms with E-state index in [4.69, 9.17) is 9.47 Å². The molecule has 2 heterocycles. The summed E-state index contributed by atoms with van der Waals surface area (Å²) in [5.74, 6) is 0.191. The van der Waals surface area contributed by atoms with Gasteiger partial charge >= 0.3 is 12.1 Å². The maximum Gasteiger partial charge on any atom is 0.516 e. The molecule has 236 valence electrons. The first-order valence-electron chi connectivity index (χ1n) is 14.3. The summed E-state index contributed by atoms with van der Waals surface area (Å²) in [6.07, 6.45) is 0.567. The second-order valence-corrected chi connectivity index (χ2v) is 12.6. The number of sulfonamides is 1. The van der Waals surface area contributed by atoms with Crippen LogP contribution in [0.15, 0.2) is 96.2 Å². The second-order valence-electron chi connectivity index (χ2n) is 10.9. The summed E-state index contributed by atoms with van der Waals surface area (Å²) in [5, 5.41) is 2.69. The topological polar surface area (TPSA) is 146 Å². The fourth-order valence-electron chi connectivity index (χ4n) is 4.27. The molecular formula is C33H36N4O7S. The van der Waals surface area contributed by atoms with Crippen molar-refractivity contribution in [3.8, 4) is 16.9 Å². The molecule has 4 rings (SSSR count). The zero-order chi connectivity index (χ0) is 32.5. The van der Waals surface area contributed by atoms with Crippen molar-refractivity contribution >= 4 is 28.0 Å². The Morgan fingerprint density at radius 1 is 0.911 bits per heavy atom. The fourth-order valence-corrected chi connectivity index (χ4v) is 5.42. The van der Waals surface area contributed by atoms with Crippen LogP contribution in [0.25, 0.3) is 11.1 Å². The van der Waals surface area contributed by atoms with Gasteiger partial charge in [-0.1, -0.05) is 48.5 Å². The minimum absolute atomic E-state index is 0.126. The SMILES string of the molecule is CCOc1cccc(-c2ccc(CC(NS(=O)(=O)c3ccccn3)c3cccc(NCC(=O)OC(=O)OC(C)(C)C)n3)cc2)c1. The minimum Gasteiger partial charge on any atom is -0.494 e. The molecule has 0 aliphatic heterocycles. The number of carbonyl (C=O) groups excluding carboxylic acids is 2. The Kier molecular flexibility index (Phi) is 10.9. The van der Waals surface area contributed by atoms with E-state index in [1.54, 1.807) is 51.1 Å². The van der Waals surface area contributed by atoms with E-state index in [9.17, 15) is 18.0 Å². The molecule has 0 saturated carbocycles. The molecular weight excluding hydrogens is 596 g/mol. The standard InChI is InChI=1S/C33H36N4O7S/c1-5-42-26-11-8-10-25(21-26)24-17-15-23(16-18-24)20-28(37-45(40,41)30-14-6-7-19-34-30)27-12-9-13-29(36-27)35-22-31(38)43-32(39)44-33(2,3)4/h6-19,21,28,37H,5,20,22H2,1-4H3,(H,35,36). The van der Waals surface area contributed by atoms with Gasteiger partial charge in [-0.25, -0.2) is 32.7 Å². The van der Waals surface area contributed by atoms with Gasteiger partial charge in [-0.2, -0.15) is 0 Å². The second kappa shape index (κ2) is 14.8. The van der Waals surface area contributed by atoms with Crippen LogP contribution in [0, 0.1) is 0 Å². The number of hydrogen-bond acceptors (Lipinski definition) is 10. The minimum atomic E-state index is -4.02. The van der Waals surface area contributed by atoms with Crippen molar-refractivity contribution in [2.45, 2.75) is 50.8 Å². The van der Waals surface area contributed by atoms with E-state index in [2.05, 4.69) is 24.7 Å². The zero-order valence-electron chi connectivity index (χ0n) is 25.5. The molecule has 0 aliphatic carbocycles. The Bertz CT molecular complexity index is 1710. The molecule has 0 amide bonds. The Balaban J connectivity index is 1.54. The normalized spacial score (nSPS) is 12.2. The van der Waals surface area contributed by atoms with Gasteiger partial charge in [0.05, 0.1) is 18.3 Å². The quantitative estimate of drug-likeness (QED) is 0.147. The number of ether oxygens (including phenoxy) is 3. The molecule has 0 saturated heterocycles. The Morgan fingerprint density at radius 2 is 1.67 bits per heavy atom. The highest BCUT2D eigenvalue weighted by atomic mass is 32.2. The molecule has 0 bridgehead atoms. The Labute approximate surface area is 263 Å². The number of hydrogen-bond donors (Lipinski definition) is 2. The summed E-state index contributed by atoms with van der Waals surface area (Å²) in [5.41, 5.74) is 2.41. The third kappa shape index (κ3) is 10.1. The van der Waals surface area contributed by atoms with Crippen molar-refractivity contribution in [3.63, 3.8) is 0 Å². The average Bonchev–Trinajstić information content (AvgIpc) is 3.00. The van der Waals surface area contributed by atoms with Crippen LogP contribution in [0.1, 0.15) is 45.0 Å². The van der Waals surface area contributed by atoms with E-state index < -0.39 is 33.8 Å². The van der Waals surface area contributed by atoms with E-state index in [1.165, 1.54) is 12.3 Å². The number of anilines is 1. The van der Waals surface area contributed by atoms with E-state index >= 15 is 0 Å². The van der Waals surface area contributed by atoms with Crippen molar-refractivity contribution in [1.29, 1.82) is 0 Å². The van der Waals surface area contributed by atoms with E-state index in [1.807, 2.05) is 55.5 Å². The third-order valence-electron chi connectivity index (χ3n) is 6.21. The molecule has 1 unspecified atom stereocenters. The lowest BCUT2D eigenvalue weighted by Crippen LogP contribution is -2.31. The van der Waals surface area contributed by atoms with E-state index in [0.29, 0.717) is 12.3 Å². The summed E-state index contributed by atoms with van der Waals surface area (Å²) >= 11 is 0. The molecule has 2 aromatic carbocycles. The lowest BCUT2D eigenvalue weighted by atomic mass is 9.99. The van der Waals surface area contributed by atoms with Gasteiger partial charge in [0.15, 0.2) is 5.03 Å². The highest BCUT2D eigenvalue weighted by Gasteiger charge is 2.25. The van der Waals surface area contributed by atoms with Crippen molar-refractivity contribution in [1.82, 2.24) is 14.7 Å². The molecule has 0 fully saturated rings. The van der Waals surface area contributed by atoms with Crippen LogP contribution in [0.5, 0.6) is 5.75 Å². The number of nitrogens with one attached hydrogen (secondary N) is 2. The van der Waals surface area contributed by atoms with E-state index in [-0.39, 0.29) is 23.8 Å². The maximum atomic E-state index is 13.3. The van der Waals surface area contributed by atoms with Gasteiger partial charge in [0, 0.05) is 6.20 Å². The smallest absolute Gasteiger partial charge is 0.494 e. The van der Waals surface area contributed by atoms with Gasteiger partial charge < -0.3 is 19.5 Å². The number of carbonyl (C=O) groups is 2. The summed E-state index contributed by atoms with van der Waals surface area (Å²) < 4.78 is 44.6. The summed E-state index contributed by atoms with van der Waals surface area (Å²) in [4.78, 5) is 32.5. The molecule has 2 N–H and O–H groups in total. The number of rotatable bonds is 12. The van der Waals surface area contributed by atoms with Crippen molar-refractivity contribution in [3.05, 3.63) is 102 Å². The first-order valence-corrected chi connectivity index (χ1v) is 15.8. The number of benzene rings is 2. The van der Waals surface area contributed by atoms with Crippen molar-refractivity contribution < 1.29 is 32.2 Å². The number of aromatic nitrogens is 2. The van der Waals surface area contributed by atoms with Crippen LogP contribution in [-0.2, 0) is 30.7 Å². The highest BCUT2D eigenvalue weighted by Crippen LogP contribution is 2.26. The molecule has 45 heavy (non-hydrogen) atoms. The molecule has 0 aliphatic rings. The monoisotopic (exact) mass is 632 g/mol. The van der Waals surface area contributed by atoms with Gasteiger partial charge in [-0.3, -0.25) is 0 Å². The molecule has 4 aromatic rings. The Hall–Kier alpha value is -4.81. The molecule has 0 spiro atoms. The molecule has 0 radical (unpaired) electrons. The lowest BCUT2D eigenvalue weighted by Gasteiger charge is -2.20. The summed E-state index contributed by atoms with van der Waals surface area (Å²) in [6, 6.07) is 24.4. The van der Waals surface area contributed by atoms with E-state index in [0.717, 1.165) is 22.4 Å². The molecule has 1 atom stereocenters. The van der Waals surface area contributed by atoms with Crippen molar-refractivity contribution in [2.75, 3.05) is 18.5 Å². The molecule has 2 aromatic heterocycles. The fraction of sp³-hybridized carbons (Fsp3) is 0.273. The number of esters is 1. The predicted octanol–water partition coefficient (Wildman–Crippen LogP) is 5.69.